The molecule has 0 N–H and O–H groups in total. The van der Waals surface area contributed by atoms with E-state index in [9.17, 15) is 8.42 Å². The van der Waals surface area contributed by atoms with Crippen LogP contribution in [0.15, 0.2) is 0 Å². The topological polar surface area (TPSA) is 34.1 Å². The summed E-state index contributed by atoms with van der Waals surface area (Å²) in [5.41, 5.74) is 0. The third-order valence-corrected chi connectivity index (χ3v) is 4.47. The summed E-state index contributed by atoms with van der Waals surface area (Å²) in [5, 5.41) is -0.251. The van der Waals surface area contributed by atoms with Gasteiger partial charge in [0.2, 0.25) is 0 Å². The molecule has 0 aromatic carbocycles. The fourth-order valence-corrected chi connectivity index (χ4v) is 3.38. The van der Waals surface area contributed by atoms with Gasteiger partial charge in [-0.2, -0.15) is 0 Å². The van der Waals surface area contributed by atoms with Gasteiger partial charge in [0.25, 0.3) is 0 Å². The zero-order valence-corrected chi connectivity index (χ0v) is 6.58. The van der Waals surface area contributed by atoms with Crippen LogP contribution in [0.1, 0.15) is 12.8 Å². The molecule has 54 valence electrons. The zero-order chi connectivity index (χ0) is 6.91. The van der Waals surface area contributed by atoms with Gasteiger partial charge < -0.3 is 0 Å². The highest BCUT2D eigenvalue weighted by molar-refractivity contribution is 7.92. The van der Waals surface area contributed by atoms with Gasteiger partial charge >= 0.3 is 0 Å². The minimum Gasteiger partial charge on any atom is -0.229 e. The van der Waals surface area contributed by atoms with Gasteiger partial charge in [-0.1, -0.05) is 0 Å². The molecule has 0 saturated carbocycles. The summed E-state index contributed by atoms with van der Waals surface area (Å²) < 4.78 is 21.8. The van der Waals surface area contributed by atoms with Crippen molar-refractivity contribution in [1.29, 1.82) is 0 Å². The van der Waals surface area contributed by atoms with Crippen LogP contribution in [0.5, 0.6) is 0 Å². The molecule has 1 atom stereocenters. The fourth-order valence-electron chi connectivity index (χ4n) is 1.03. The van der Waals surface area contributed by atoms with Gasteiger partial charge in [0.05, 0.1) is 11.0 Å². The Morgan fingerprint density at radius 2 is 2.22 bits per heavy atom. The second kappa shape index (κ2) is 2.46. The van der Waals surface area contributed by atoms with Gasteiger partial charge in [0.1, 0.15) is 0 Å². The number of sulfone groups is 1. The zero-order valence-electron chi connectivity index (χ0n) is 5.01. The summed E-state index contributed by atoms with van der Waals surface area (Å²) in [7, 11) is -2.77. The number of hydrogen-bond donors (Lipinski definition) is 0. The van der Waals surface area contributed by atoms with Crippen molar-refractivity contribution in [2.45, 2.75) is 18.1 Å². The van der Waals surface area contributed by atoms with Crippen LogP contribution in [-0.2, 0) is 9.84 Å². The number of rotatable bonds is 1. The van der Waals surface area contributed by atoms with Crippen LogP contribution < -0.4 is 0 Å². The minimum atomic E-state index is -2.77. The third kappa shape index (κ3) is 1.38. The summed E-state index contributed by atoms with van der Waals surface area (Å²) >= 11 is 5.41. The van der Waals surface area contributed by atoms with Gasteiger partial charge in [-0.05, 0) is 12.8 Å². The van der Waals surface area contributed by atoms with Gasteiger partial charge in [0, 0.05) is 5.88 Å². The molecule has 0 spiro atoms. The van der Waals surface area contributed by atoms with Crippen molar-refractivity contribution in [2.24, 2.45) is 0 Å². The normalized spacial score (nSPS) is 32.8. The Morgan fingerprint density at radius 3 is 2.44 bits per heavy atom. The molecule has 1 saturated heterocycles. The Kier molecular flexibility index (Phi) is 2.01. The molecule has 1 aliphatic heterocycles. The van der Waals surface area contributed by atoms with E-state index in [-0.39, 0.29) is 11.1 Å². The average molecular weight is 169 g/mol. The van der Waals surface area contributed by atoms with Crippen LogP contribution in [0.2, 0.25) is 0 Å². The molecule has 0 radical (unpaired) electrons. The van der Waals surface area contributed by atoms with E-state index in [1.165, 1.54) is 0 Å². The van der Waals surface area contributed by atoms with Crippen molar-refractivity contribution in [1.82, 2.24) is 0 Å². The Balaban J connectivity index is 2.75. The molecule has 0 aliphatic carbocycles. The predicted octanol–water partition coefficient (Wildman–Crippen LogP) is 0.802. The molecule has 4 heteroatoms. The molecule has 1 rings (SSSR count). The average Bonchev–Trinajstić information content (AvgIpc) is 2.08. The van der Waals surface area contributed by atoms with E-state index in [1.807, 2.05) is 0 Å². The van der Waals surface area contributed by atoms with Crippen LogP contribution >= 0.6 is 11.6 Å². The van der Waals surface area contributed by atoms with E-state index >= 15 is 0 Å². The summed E-state index contributed by atoms with van der Waals surface area (Å²) in [6.07, 6.45) is 1.55. The monoisotopic (exact) mass is 168 g/mol. The molecule has 0 bridgehead atoms. The second-order valence-corrected chi connectivity index (χ2v) is 4.99. The SMILES string of the molecule is O=S1(=O)CCCC1CCl. The summed E-state index contributed by atoms with van der Waals surface area (Å²) in [6, 6.07) is 0. The molecular weight excluding hydrogens is 160 g/mol. The summed E-state index contributed by atoms with van der Waals surface area (Å²) in [5.74, 6) is 0.604. The van der Waals surface area contributed by atoms with E-state index in [4.69, 9.17) is 11.6 Å². The molecular formula is C5H9ClO2S. The standard InChI is InChI=1S/C5H9ClO2S/c6-4-5-2-1-3-9(5,7)8/h5H,1-4H2. The first-order valence-electron chi connectivity index (χ1n) is 2.94. The van der Waals surface area contributed by atoms with Crippen molar-refractivity contribution in [3.8, 4) is 0 Å². The van der Waals surface area contributed by atoms with Crippen LogP contribution in [-0.4, -0.2) is 25.3 Å². The van der Waals surface area contributed by atoms with E-state index in [2.05, 4.69) is 0 Å². The van der Waals surface area contributed by atoms with Crippen molar-refractivity contribution in [3.05, 3.63) is 0 Å². The first-order chi connectivity index (χ1) is 4.17. The van der Waals surface area contributed by atoms with Crippen molar-refractivity contribution in [3.63, 3.8) is 0 Å². The lowest BCUT2D eigenvalue weighted by atomic mass is 10.3. The maximum atomic E-state index is 10.9. The quantitative estimate of drug-likeness (QED) is 0.543. The lowest BCUT2D eigenvalue weighted by Crippen LogP contribution is -2.16. The molecule has 9 heavy (non-hydrogen) atoms. The van der Waals surface area contributed by atoms with Gasteiger partial charge in [-0.3, -0.25) is 0 Å². The molecule has 1 fully saturated rings. The Hall–Kier alpha value is 0.240. The molecule has 0 aromatic rings. The van der Waals surface area contributed by atoms with E-state index < -0.39 is 9.84 Å². The fraction of sp³-hybridized carbons (Fsp3) is 1.00. The largest absolute Gasteiger partial charge is 0.229 e. The smallest absolute Gasteiger partial charge is 0.154 e. The third-order valence-electron chi connectivity index (χ3n) is 1.63. The lowest BCUT2D eigenvalue weighted by Gasteiger charge is -2.00. The molecule has 0 aromatic heterocycles. The van der Waals surface area contributed by atoms with Crippen molar-refractivity contribution in [2.75, 3.05) is 11.6 Å². The molecule has 0 amide bonds. The maximum absolute atomic E-state index is 10.9. The van der Waals surface area contributed by atoms with Crippen LogP contribution in [0, 0.1) is 0 Å². The maximum Gasteiger partial charge on any atom is 0.154 e. The van der Waals surface area contributed by atoms with Crippen molar-refractivity contribution < 1.29 is 8.42 Å². The van der Waals surface area contributed by atoms with Crippen molar-refractivity contribution >= 4 is 21.4 Å². The highest BCUT2D eigenvalue weighted by Gasteiger charge is 2.29. The predicted molar refractivity (Wildman–Crippen MR) is 37.5 cm³/mol. The highest BCUT2D eigenvalue weighted by atomic mass is 35.5. The molecule has 1 aliphatic rings. The second-order valence-electron chi connectivity index (χ2n) is 2.29. The highest BCUT2D eigenvalue weighted by Crippen LogP contribution is 2.20. The van der Waals surface area contributed by atoms with Crippen LogP contribution in [0.4, 0.5) is 0 Å². The first-order valence-corrected chi connectivity index (χ1v) is 5.19. The minimum absolute atomic E-state index is 0.251. The lowest BCUT2D eigenvalue weighted by molar-refractivity contribution is 0.594. The summed E-state index contributed by atoms with van der Waals surface area (Å²) in [4.78, 5) is 0. The Morgan fingerprint density at radius 1 is 1.56 bits per heavy atom. The number of halogens is 1. The van der Waals surface area contributed by atoms with Gasteiger partial charge in [-0.25, -0.2) is 8.42 Å². The number of alkyl halides is 1. The Labute approximate surface area is 60.1 Å². The van der Waals surface area contributed by atoms with Crippen LogP contribution in [0.3, 0.4) is 0 Å². The first kappa shape index (κ1) is 7.35. The van der Waals surface area contributed by atoms with Crippen LogP contribution in [0.25, 0.3) is 0 Å². The van der Waals surface area contributed by atoms with E-state index in [0.29, 0.717) is 5.75 Å². The van der Waals surface area contributed by atoms with Gasteiger partial charge in [-0.15, -0.1) is 11.6 Å². The van der Waals surface area contributed by atoms with Gasteiger partial charge in [0.15, 0.2) is 9.84 Å². The summed E-state index contributed by atoms with van der Waals surface area (Å²) in [6.45, 7) is 0. The molecule has 2 nitrogen and oxygen atoms in total. The molecule has 1 heterocycles. The van der Waals surface area contributed by atoms with E-state index in [0.717, 1.165) is 12.8 Å². The number of hydrogen-bond acceptors (Lipinski definition) is 2. The van der Waals surface area contributed by atoms with E-state index in [1.54, 1.807) is 0 Å². The Bertz CT molecular complexity index is 185. The molecule has 1 unspecified atom stereocenters.